The van der Waals surface area contributed by atoms with E-state index in [0.717, 1.165) is 32.5 Å². The maximum atomic E-state index is 5.91. The molecule has 19 heavy (non-hydrogen) atoms. The van der Waals surface area contributed by atoms with E-state index in [2.05, 4.69) is 35.6 Å². The Morgan fingerprint density at radius 3 is 2.58 bits per heavy atom. The molecule has 0 aliphatic heterocycles. The summed E-state index contributed by atoms with van der Waals surface area (Å²) in [5, 5.41) is 3.49. The van der Waals surface area contributed by atoms with Gasteiger partial charge in [-0.15, -0.1) is 0 Å². The molecule has 0 unspecified atom stereocenters. The van der Waals surface area contributed by atoms with Crippen LogP contribution in [0.15, 0.2) is 30.3 Å². The molecule has 1 aliphatic carbocycles. The van der Waals surface area contributed by atoms with Crippen molar-refractivity contribution in [2.75, 3.05) is 19.7 Å². The highest BCUT2D eigenvalue weighted by molar-refractivity contribution is 5.14. The summed E-state index contributed by atoms with van der Waals surface area (Å²) in [6.45, 7) is 3.05. The highest BCUT2D eigenvalue weighted by Crippen LogP contribution is 2.20. The molecule has 1 aromatic carbocycles. The fourth-order valence-corrected chi connectivity index (χ4v) is 2.68. The van der Waals surface area contributed by atoms with Crippen molar-refractivity contribution >= 4 is 0 Å². The van der Waals surface area contributed by atoms with Gasteiger partial charge in [0.2, 0.25) is 0 Å². The minimum absolute atomic E-state index is 0.554. The quantitative estimate of drug-likeness (QED) is 0.722. The van der Waals surface area contributed by atoms with Crippen molar-refractivity contribution in [3.05, 3.63) is 35.9 Å². The Morgan fingerprint density at radius 2 is 1.79 bits per heavy atom. The van der Waals surface area contributed by atoms with Crippen molar-refractivity contribution < 1.29 is 4.74 Å². The molecule has 2 nitrogen and oxygen atoms in total. The molecule has 1 aliphatic rings. The molecule has 0 spiro atoms. The van der Waals surface area contributed by atoms with E-state index in [9.17, 15) is 0 Å². The van der Waals surface area contributed by atoms with E-state index in [1.165, 1.54) is 37.7 Å². The summed E-state index contributed by atoms with van der Waals surface area (Å²) in [7, 11) is 0. The van der Waals surface area contributed by atoms with Gasteiger partial charge in [-0.05, 0) is 44.3 Å². The lowest BCUT2D eigenvalue weighted by Crippen LogP contribution is -2.22. The molecule has 106 valence electrons. The number of hydrogen-bond acceptors (Lipinski definition) is 2. The first-order chi connectivity index (χ1) is 9.45. The molecule has 2 heteroatoms. The van der Waals surface area contributed by atoms with E-state index in [4.69, 9.17) is 4.74 Å². The van der Waals surface area contributed by atoms with Gasteiger partial charge < -0.3 is 10.1 Å². The zero-order chi connectivity index (χ0) is 13.2. The Balaban J connectivity index is 1.42. The summed E-state index contributed by atoms with van der Waals surface area (Å²) in [5.41, 5.74) is 1.41. The first-order valence-electron chi connectivity index (χ1n) is 7.81. The molecule has 0 heterocycles. The van der Waals surface area contributed by atoms with Crippen LogP contribution in [-0.4, -0.2) is 25.8 Å². The molecule has 0 amide bonds. The van der Waals surface area contributed by atoms with Gasteiger partial charge in [0, 0.05) is 6.61 Å². The van der Waals surface area contributed by atoms with Crippen molar-refractivity contribution in [2.45, 2.75) is 51.0 Å². The van der Waals surface area contributed by atoms with E-state index in [1.807, 2.05) is 0 Å². The van der Waals surface area contributed by atoms with Crippen molar-refractivity contribution in [1.82, 2.24) is 5.32 Å². The van der Waals surface area contributed by atoms with E-state index in [0.29, 0.717) is 6.10 Å². The molecular weight excluding hydrogens is 234 g/mol. The molecule has 0 bridgehead atoms. The summed E-state index contributed by atoms with van der Waals surface area (Å²) < 4.78 is 5.91. The van der Waals surface area contributed by atoms with Crippen molar-refractivity contribution in [3.8, 4) is 0 Å². The molecule has 1 saturated carbocycles. The fourth-order valence-electron chi connectivity index (χ4n) is 2.68. The third kappa shape index (κ3) is 6.22. The molecule has 2 rings (SSSR count). The van der Waals surface area contributed by atoms with Crippen LogP contribution in [0.3, 0.4) is 0 Å². The van der Waals surface area contributed by atoms with Gasteiger partial charge in [0.1, 0.15) is 0 Å². The lowest BCUT2D eigenvalue weighted by Gasteiger charge is -2.21. The summed E-state index contributed by atoms with van der Waals surface area (Å²) in [4.78, 5) is 0. The van der Waals surface area contributed by atoms with Gasteiger partial charge in [-0.2, -0.15) is 0 Å². The van der Waals surface area contributed by atoms with Gasteiger partial charge >= 0.3 is 0 Å². The Hall–Kier alpha value is -0.860. The van der Waals surface area contributed by atoms with Gasteiger partial charge in [-0.3, -0.25) is 0 Å². The molecule has 0 atom stereocenters. The third-order valence-corrected chi connectivity index (χ3v) is 3.84. The van der Waals surface area contributed by atoms with Gasteiger partial charge in [0.15, 0.2) is 0 Å². The smallest absolute Gasteiger partial charge is 0.0575 e. The van der Waals surface area contributed by atoms with Crippen molar-refractivity contribution in [2.24, 2.45) is 0 Å². The second kappa shape index (κ2) is 9.11. The van der Waals surface area contributed by atoms with Crippen LogP contribution in [0.4, 0.5) is 0 Å². The average molecular weight is 261 g/mol. The Morgan fingerprint density at radius 1 is 1.00 bits per heavy atom. The van der Waals surface area contributed by atoms with Gasteiger partial charge in [-0.25, -0.2) is 0 Å². The number of hydrogen-bond donors (Lipinski definition) is 1. The van der Waals surface area contributed by atoms with Crippen LogP contribution < -0.4 is 5.32 Å². The van der Waals surface area contributed by atoms with Gasteiger partial charge in [0.05, 0.1) is 6.10 Å². The number of nitrogens with one attached hydrogen (secondary N) is 1. The number of ether oxygens (including phenoxy) is 1. The van der Waals surface area contributed by atoms with E-state index in [1.54, 1.807) is 0 Å². The summed E-state index contributed by atoms with van der Waals surface area (Å²) >= 11 is 0. The highest BCUT2D eigenvalue weighted by atomic mass is 16.5. The average Bonchev–Trinajstić information content (AvgIpc) is 2.48. The third-order valence-electron chi connectivity index (χ3n) is 3.84. The lowest BCUT2D eigenvalue weighted by molar-refractivity contribution is 0.0273. The minimum atomic E-state index is 0.554. The molecule has 1 N–H and O–H groups in total. The maximum Gasteiger partial charge on any atom is 0.0575 e. The number of rotatable bonds is 8. The molecule has 1 aromatic rings. The number of benzene rings is 1. The normalized spacial score (nSPS) is 16.6. The maximum absolute atomic E-state index is 5.91. The monoisotopic (exact) mass is 261 g/mol. The highest BCUT2D eigenvalue weighted by Gasteiger charge is 2.12. The second-order valence-corrected chi connectivity index (χ2v) is 5.47. The second-order valence-electron chi connectivity index (χ2n) is 5.47. The zero-order valence-electron chi connectivity index (χ0n) is 11.9. The Bertz CT molecular complexity index is 319. The van der Waals surface area contributed by atoms with Crippen LogP contribution in [-0.2, 0) is 11.2 Å². The topological polar surface area (TPSA) is 21.3 Å². The fraction of sp³-hybridized carbons (Fsp3) is 0.647. The lowest BCUT2D eigenvalue weighted by atomic mass is 9.98. The van der Waals surface area contributed by atoms with Crippen LogP contribution in [0, 0.1) is 0 Å². The van der Waals surface area contributed by atoms with Crippen LogP contribution >= 0.6 is 0 Å². The summed E-state index contributed by atoms with van der Waals surface area (Å²) in [6, 6.07) is 10.7. The minimum Gasteiger partial charge on any atom is -0.378 e. The van der Waals surface area contributed by atoms with Crippen LogP contribution in [0.5, 0.6) is 0 Å². The standard InChI is InChI=1S/C17H27NO/c1-3-8-16(9-4-1)12-14-18-13-7-15-19-17-10-5-2-6-11-17/h1,3-4,8-9,17-18H,2,5-7,10-15H2. The Labute approximate surface area is 117 Å². The molecule has 0 saturated heterocycles. The molecular formula is C17H27NO. The molecule has 0 radical (unpaired) electrons. The Kier molecular flexibility index (Phi) is 6.97. The summed E-state index contributed by atoms with van der Waals surface area (Å²) in [6.07, 6.45) is 9.48. The van der Waals surface area contributed by atoms with Crippen LogP contribution in [0.1, 0.15) is 44.1 Å². The zero-order valence-corrected chi connectivity index (χ0v) is 11.9. The van der Waals surface area contributed by atoms with E-state index >= 15 is 0 Å². The predicted octanol–water partition coefficient (Wildman–Crippen LogP) is 3.56. The predicted molar refractivity (Wildman–Crippen MR) is 80.5 cm³/mol. The first-order valence-corrected chi connectivity index (χ1v) is 7.81. The SMILES string of the molecule is c1ccc(CCNCCCOC2CCCCC2)cc1. The van der Waals surface area contributed by atoms with Crippen molar-refractivity contribution in [1.29, 1.82) is 0 Å². The summed E-state index contributed by atoms with van der Waals surface area (Å²) in [5.74, 6) is 0. The van der Waals surface area contributed by atoms with Gasteiger partial charge in [-0.1, -0.05) is 49.6 Å². The van der Waals surface area contributed by atoms with E-state index < -0.39 is 0 Å². The van der Waals surface area contributed by atoms with Gasteiger partial charge in [0.25, 0.3) is 0 Å². The largest absolute Gasteiger partial charge is 0.378 e. The first kappa shape index (κ1) is 14.5. The molecule has 1 fully saturated rings. The molecule has 0 aromatic heterocycles. The van der Waals surface area contributed by atoms with Crippen molar-refractivity contribution in [3.63, 3.8) is 0 Å². The van der Waals surface area contributed by atoms with Crippen LogP contribution in [0.2, 0.25) is 0 Å². The van der Waals surface area contributed by atoms with E-state index in [-0.39, 0.29) is 0 Å². The van der Waals surface area contributed by atoms with Crippen LogP contribution in [0.25, 0.3) is 0 Å².